The van der Waals surface area contributed by atoms with Gasteiger partial charge in [-0.15, -0.1) is 0 Å². The van der Waals surface area contributed by atoms with Crippen molar-refractivity contribution in [2.45, 2.75) is 6.61 Å². The third kappa shape index (κ3) is 5.24. The highest BCUT2D eigenvalue weighted by atomic mass is 79.9. The maximum atomic E-state index is 12.9. The molecule has 1 saturated heterocycles. The van der Waals surface area contributed by atoms with E-state index >= 15 is 0 Å². The van der Waals surface area contributed by atoms with E-state index < -0.39 is 11.9 Å². The molecule has 4 rings (SSSR count). The molecular weight excluding hydrogens is 576 g/mol. The fourth-order valence-electron chi connectivity index (χ4n) is 3.25. The van der Waals surface area contributed by atoms with Crippen molar-refractivity contribution in [3.8, 4) is 11.5 Å². The summed E-state index contributed by atoms with van der Waals surface area (Å²) in [4.78, 5) is 26.4. The van der Waals surface area contributed by atoms with Crippen LogP contribution in [0.5, 0.6) is 11.5 Å². The molecule has 3 amide bonds. The van der Waals surface area contributed by atoms with E-state index in [1.807, 2.05) is 24.3 Å². The minimum absolute atomic E-state index is 0.137. The molecule has 1 aliphatic rings. The number of nitrogens with zero attached hydrogens (tertiary/aromatic N) is 1. The van der Waals surface area contributed by atoms with E-state index in [0.717, 1.165) is 14.9 Å². The third-order valence-corrected chi connectivity index (χ3v) is 6.16. The van der Waals surface area contributed by atoms with E-state index in [2.05, 4.69) is 37.2 Å². The van der Waals surface area contributed by atoms with Gasteiger partial charge in [-0.2, -0.15) is 0 Å². The number of anilines is 1. The van der Waals surface area contributed by atoms with Crippen LogP contribution >= 0.6 is 43.5 Å². The summed E-state index contributed by atoms with van der Waals surface area (Å²) in [5.41, 5.74) is 2.17. The molecule has 0 atom stereocenters. The van der Waals surface area contributed by atoms with Crippen molar-refractivity contribution in [2.75, 3.05) is 12.0 Å². The predicted octanol–water partition coefficient (Wildman–Crippen LogP) is 6.55. The normalized spacial score (nSPS) is 14.5. The van der Waals surface area contributed by atoms with Crippen molar-refractivity contribution in [2.24, 2.45) is 0 Å². The molecule has 168 valence electrons. The summed E-state index contributed by atoms with van der Waals surface area (Å²) < 4.78 is 13.1. The first kappa shape index (κ1) is 23.4. The summed E-state index contributed by atoms with van der Waals surface area (Å²) >= 11 is 12.9. The molecule has 1 N–H and O–H groups in total. The molecule has 1 heterocycles. The molecule has 0 unspecified atom stereocenters. The molecule has 0 spiro atoms. The summed E-state index contributed by atoms with van der Waals surface area (Å²) in [6.07, 6.45) is 1.58. The minimum Gasteiger partial charge on any atom is -0.493 e. The van der Waals surface area contributed by atoms with Crippen LogP contribution in [0.1, 0.15) is 11.1 Å². The van der Waals surface area contributed by atoms with Crippen LogP contribution in [0.3, 0.4) is 0 Å². The van der Waals surface area contributed by atoms with Gasteiger partial charge in [-0.05, 0) is 75.6 Å². The summed E-state index contributed by atoms with van der Waals surface area (Å²) in [6, 6.07) is 17.3. The Morgan fingerprint density at radius 2 is 1.82 bits per heavy atom. The van der Waals surface area contributed by atoms with Crippen LogP contribution in [0.4, 0.5) is 10.5 Å². The number of benzene rings is 3. The van der Waals surface area contributed by atoms with Crippen molar-refractivity contribution < 1.29 is 19.1 Å². The Balaban J connectivity index is 1.58. The number of rotatable bonds is 6. The van der Waals surface area contributed by atoms with E-state index in [9.17, 15) is 9.59 Å². The van der Waals surface area contributed by atoms with Crippen molar-refractivity contribution in [1.82, 2.24) is 5.32 Å². The Bertz CT molecular complexity index is 1260. The summed E-state index contributed by atoms with van der Waals surface area (Å²) in [7, 11) is 1.54. The standard InChI is InChI=1S/C24H17Br2ClN2O4/c1-32-21-11-15(9-19(26)22(21)33-13-14-5-7-16(25)8-6-14)10-20-23(30)29(24(31)28-20)18-4-2-3-17(27)12-18/h2-12H,13H2,1H3,(H,28,31)/b20-10+. The number of carbonyl (C=O) groups is 2. The van der Waals surface area contributed by atoms with Crippen molar-refractivity contribution in [3.05, 3.63) is 91.5 Å². The van der Waals surface area contributed by atoms with Gasteiger partial charge in [0.15, 0.2) is 11.5 Å². The van der Waals surface area contributed by atoms with Crippen LogP contribution in [-0.2, 0) is 11.4 Å². The number of hydrogen-bond donors (Lipinski definition) is 1. The molecule has 0 aromatic heterocycles. The summed E-state index contributed by atoms with van der Waals surface area (Å²) in [5.74, 6) is 0.537. The maximum absolute atomic E-state index is 12.9. The molecule has 1 fully saturated rings. The topological polar surface area (TPSA) is 67.9 Å². The quantitative estimate of drug-likeness (QED) is 0.261. The summed E-state index contributed by atoms with van der Waals surface area (Å²) in [5, 5.41) is 3.04. The molecule has 0 aliphatic carbocycles. The highest BCUT2D eigenvalue weighted by molar-refractivity contribution is 9.10. The molecule has 9 heteroatoms. The lowest BCUT2D eigenvalue weighted by Crippen LogP contribution is -2.30. The van der Waals surface area contributed by atoms with Gasteiger partial charge in [0.05, 0.1) is 17.3 Å². The van der Waals surface area contributed by atoms with Crippen molar-refractivity contribution in [3.63, 3.8) is 0 Å². The van der Waals surface area contributed by atoms with Gasteiger partial charge in [-0.1, -0.05) is 45.7 Å². The van der Waals surface area contributed by atoms with Gasteiger partial charge in [-0.25, -0.2) is 9.69 Å². The minimum atomic E-state index is -0.547. The largest absolute Gasteiger partial charge is 0.493 e. The Morgan fingerprint density at radius 3 is 2.52 bits per heavy atom. The average Bonchev–Trinajstić information content (AvgIpc) is 3.06. The Hall–Kier alpha value is -2.81. The Labute approximate surface area is 212 Å². The van der Waals surface area contributed by atoms with Crippen LogP contribution in [0.15, 0.2) is 75.3 Å². The smallest absolute Gasteiger partial charge is 0.333 e. The number of ether oxygens (including phenoxy) is 2. The lowest BCUT2D eigenvalue weighted by molar-refractivity contribution is -0.113. The second-order valence-electron chi connectivity index (χ2n) is 7.06. The van der Waals surface area contributed by atoms with Crippen LogP contribution in [0, 0.1) is 0 Å². The first-order valence-electron chi connectivity index (χ1n) is 9.73. The van der Waals surface area contributed by atoms with Gasteiger partial charge < -0.3 is 14.8 Å². The monoisotopic (exact) mass is 590 g/mol. The lowest BCUT2D eigenvalue weighted by atomic mass is 10.1. The molecule has 0 bridgehead atoms. The fraction of sp³-hybridized carbons (Fsp3) is 0.0833. The van der Waals surface area contributed by atoms with Crippen LogP contribution < -0.4 is 19.7 Å². The van der Waals surface area contributed by atoms with Gasteiger partial charge in [0.2, 0.25) is 0 Å². The molecule has 33 heavy (non-hydrogen) atoms. The third-order valence-electron chi connectivity index (χ3n) is 4.80. The molecule has 3 aromatic rings. The first-order chi connectivity index (χ1) is 15.9. The van der Waals surface area contributed by atoms with Gasteiger partial charge >= 0.3 is 6.03 Å². The Kier molecular flexibility index (Phi) is 7.07. The second-order valence-corrected chi connectivity index (χ2v) is 9.26. The zero-order valence-electron chi connectivity index (χ0n) is 17.3. The van der Waals surface area contributed by atoms with Crippen molar-refractivity contribution in [1.29, 1.82) is 0 Å². The number of amides is 3. The second kappa shape index (κ2) is 9.99. The van der Waals surface area contributed by atoms with Gasteiger partial charge in [0.1, 0.15) is 12.3 Å². The van der Waals surface area contributed by atoms with E-state index in [0.29, 0.717) is 38.9 Å². The fourth-order valence-corrected chi connectivity index (χ4v) is 4.27. The first-order valence-corrected chi connectivity index (χ1v) is 11.7. The Morgan fingerprint density at radius 1 is 1.06 bits per heavy atom. The number of nitrogens with one attached hydrogen (secondary N) is 1. The number of halogens is 3. The van der Waals surface area contributed by atoms with Gasteiger partial charge in [-0.3, -0.25) is 4.79 Å². The number of imide groups is 1. The highest BCUT2D eigenvalue weighted by Crippen LogP contribution is 2.38. The number of urea groups is 1. The van der Waals surface area contributed by atoms with Crippen molar-refractivity contribution >= 4 is 67.2 Å². The van der Waals surface area contributed by atoms with E-state index in [1.54, 1.807) is 42.5 Å². The maximum Gasteiger partial charge on any atom is 0.333 e. The number of carbonyl (C=O) groups excluding carboxylic acids is 2. The summed E-state index contributed by atoms with van der Waals surface area (Å²) in [6.45, 7) is 0.353. The molecular formula is C24H17Br2ClN2O4. The van der Waals surface area contributed by atoms with Crippen LogP contribution in [0.2, 0.25) is 5.02 Å². The van der Waals surface area contributed by atoms with E-state index in [-0.39, 0.29) is 5.70 Å². The SMILES string of the molecule is COc1cc(/C=C2/NC(=O)N(c3cccc(Cl)c3)C2=O)cc(Br)c1OCc1ccc(Br)cc1. The zero-order chi connectivity index (χ0) is 23.5. The zero-order valence-corrected chi connectivity index (χ0v) is 21.2. The molecule has 0 saturated carbocycles. The molecule has 6 nitrogen and oxygen atoms in total. The van der Waals surface area contributed by atoms with Gasteiger partial charge in [0.25, 0.3) is 5.91 Å². The molecule has 0 radical (unpaired) electrons. The van der Waals surface area contributed by atoms with E-state index in [4.69, 9.17) is 21.1 Å². The predicted molar refractivity (Wildman–Crippen MR) is 135 cm³/mol. The van der Waals surface area contributed by atoms with E-state index in [1.165, 1.54) is 7.11 Å². The van der Waals surface area contributed by atoms with Gasteiger partial charge in [0, 0.05) is 9.50 Å². The number of methoxy groups -OCH3 is 1. The molecule has 1 aliphatic heterocycles. The number of hydrogen-bond acceptors (Lipinski definition) is 4. The van der Waals surface area contributed by atoms with Crippen LogP contribution in [-0.4, -0.2) is 19.0 Å². The average molecular weight is 593 g/mol. The molecule has 3 aromatic carbocycles. The van der Waals surface area contributed by atoms with Crippen LogP contribution in [0.25, 0.3) is 6.08 Å². The highest BCUT2D eigenvalue weighted by Gasteiger charge is 2.35. The lowest BCUT2D eigenvalue weighted by Gasteiger charge is -2.14.